The van der Waals surface area contributed by atoms with Crippen molar-refractivity contribution >= 4 is 16.9 Å². The molecule has 0 radical (unpaired) electrons. The number of carbonyl (C=O) groups is 1. The summed E-state index contributed by atoms with van der Waals surface area (Å²) in [6, 6.07) is 7.73. The zero-order valence-corrected chi connectivity index (χ0v) is 11.8. The fourth-order valence-electron chi connectivity index (χ4n) is 2.29. The summed E-state index contributed by atoms with van der Waals surface area (Å²) in [6.07, 6.45) is 1.77. The van der Waals surface area contributed by atoms with Gasteiger partial charge in [0, 0.05) is 13.0 Å². The number of carbonyl (C=O) groups excluding carboxylic acids is 1. The Kier molecular flexibility index (Phi) is 4.20. The molecule has 2 rings (SSSR count). The number of nitrogens with one attached hydrogen (secondary N) is 1. The summed E-state index contributed by atoms with van der Waals surface area (Å²) >= 11 is 0. The molecule has 0 saturated heterocycles. The highest BCUT2D eigenvalue weighted by atomic mass is 16.2. The molecule has 1 amide bonds. The molecule has 0 bridgehead atoms. The maximum absolute atomic E-state index is 12.2. The van der Waals surface area contributed by atoms with Gasteiger partial charge >= 0.3 is 0 Å². The molecule has 2 aromatic rings. The number of hydrogen-bond acceptors (Lipinski definition) is 2. The summed E-state index contributed by atoms with van der Waals surface area (Å²) in [5.41, 5.74) is 1.98. The van der Waals surface area contributed by atoms with Crippen molar-refractivity contribution in [1.82, 2.24) is 14.9 Å². The second kappa shape index (κ2) is 5.87. The van der Waals surface area contributed by atoms with Crippen molar-refractivity contribution in [3.8, 4) is 0 Å². The first-order valence-electron chi connectivity index (χ1n) is 6.92. The minimum absolute atomic E-state index is 0.0553. The van der Waals surface area contributed by atoms with E-state index in [9.17, 15) is 4.79 Å². The predicted octanol–water partition coefficient (Wildman–Crippen LogP) is 2.69. The molecule has 0 aliphatic rings. The second-order valence-electron chi connectivity index (χ2n) is 4.71. The van der Waals surface area contributed by atoms with Crippen molar-refractivity contribution in [3.05, 3.63) is 30.1 Å². The monoisotopic (exact) mass is 259 g/mol. The van der Waals surface area contributed by atoms with E-state index in [0.717, 1.165) is 36.2 Å². The number of hydrogen-bond donors (Lipinski definition) is 1. The van der Waals surface area contributed by atoms with Gasteiger partial charge in [-0.3, -0.25) is 4.79 Å². The number of para-hydroxylation sites is 2. The summed E-state index contributed by atoms with van der Waals surface area (Å²) in [4.78, 5) is 16.8. The maximum Gasteiger partial charge on any atom is 0.242 e. The van der Waals surface area contributed by atoms with Gasteiger partial charge in [-0.05, 0) is 25.5 Å². The fraction of sp³-hybridized carbons (Fsp3) is 0.467. The lowest BCUT2D eigenvalue weighted by Crippen LogP contribution is -2.32. The molecule has 1 heterocycles. The van der Waals surface area contributed by atoms with Crippen LogP contribution in [0, 0.1) is 0 Å². The lowest BCUT2D eigenvalue weighted by Gasteiger charge is -2.16. The first-order valence-corrected chi connectivity index (χ1v) is 6.92. The van der Waals surface area contributed by atoms with Crippen molar-refractivity contribution in [3.63, 3.8) is 0 Å². The Labute approximate surface area is 113 Å². The van der Waals surface area contributed by atoms with Crippen molar-refractivity contribution < 1.29 is 4.79 Å². The topological polar surface area (TPSA) is 46.9 Å². The molecule has 4 nitrogen and oxygen atoms in total. The molecule has 1 unspecified atom stereocenters. The number of aryl methyl sites for hydroxylation is 1. The summed E-state index contributed by atoms with van der Waals surface area (Å²) in [6.45, 7) is 6.76. The van der Waals surface area contributed by atoms with Crippen LogP contribution in [-0.4, -0.2) is 22.0 Å². The molecule has 102 valence electrons. The number of aromatic nitrogens is 2. The van der Waals surface area contributed by atoms with E-state index < -0.39 is 0 Å². The van der Waals surface area contributed by atoms with Crippen LogP contribution in [0.5, 0.6) is 0 Å². The highest BCUT2D eigenvalue weighted by Gasteiger charge is 2.19. The van der Waals surface area contributed by atoms with E-state index >= 15 is 0 Å². The van der Waals surface area contributed by atoms with Crippen LogP contribution in [0.3, 0.4) is 0 Å². The number of fused-ring (bicyclic) bond motifs is 1. The number of amides is 1. The Bertz CT molecular complexity index is 574. The molecular formula is C15H21N3O. The highest BCUT2D eigenvalue weighted by Crippen LogP contribution is 2.21. The van der Waals surface area contributed by atoms with Gasteiger partial charge in [-0.1, -0.05) is 26.0 Å². The van der Waals surface area contributed by atoms with Gasteiger partial charge in [-0.2, -0.15) is 0 Å². The fourth-order valence-corrected chi connectivity index (χ4v) is 2.29. The molecule has 0 saturated carbocycles. The molecule has 1 N–H and O–H groups in total. The van der Waals surface area contributed by atoms with Crippen LogP contribution < -0.4 is 5.32 Å². The van der Waals surface area contributed by atoms with Crippen LogP contribution in [-0.2, 0) is 11.2 Å². The van der Waals surface area contributed by atoms with Crippen molar-refractivity contribution in [2.75, 3.05) is 6.54 Å². The lowest BCUT2D eigenvalue weighted by molar-refractivity contribution is -0.123. The summed E-state index contributed by atoms with van der Waals surface area (Å²) in [5, 5.41) is 2.95. The first-order chi connectivity index (χ1) is 9.19. The molecule has 19 heavy (non-hydrogen) atoms. The van der Waals surface area contributed by atoms with Gasteiger partial charge in [0.2, 0.25) is 5.91 Å². The van der Waals surface area contributed by atoms with Crippen LogP contribution in [0.2, 0.25) is 0 Å². The number of imidazole rings is 1. The number of benzene rings is 1. The van der Waals surface area contributed by atoms with Crippen LogP contribution in [0.25, 0.3) is 11.0 Å². The van der Waals surface area contributed by atoms with E-state index in [1.54, 1.807) is 0 Å². The molecule has 0 spiro atoms. The van der Waals surface area contributed by atoms with E-state index in [0.29, 0.717) is 0 Å². The normalized spacial score (nSPS) is 12.6. The van der Waals surface area contributed by atoms with Gasteiger partial charge in [-0.25, -0.2) is 4.98 Å². The van der Waals surface area contributed by atoms with E-state index in [2.05, 4.69) is 24.1 Å². The van der Waals surface area contributed by atoms with Gasteiger partial charge in [0.05, 0.1) is 11.0 Å². The second-order valence-corrected chi connectivity index (χ2v) is 4.71. The Morgan fingerprint density at radius 3 is 2.79 bits per heavy atom. The third-order valence-corrected chi connectivity index (χ3v) is 3.30. The lowest BCUT2D eigenvalue weighted by atomic mass is 10.2. The number of rotatable bonds is 5. The zero-order chi connectivity index (χ0) is 13.8. The largest absolute Gasteiger partial charge is 0.354 e. The van der Waals surface area contributed by atoms with Crippen LogP contribution in [0.4, 0.5) is 0 Å². The molecule has 1 atom stereocenters. The predicted molar refractivity (Wildman–Crippen MR) is 77.1 cm³/mol. The van der Waals surface area contributed by atoms with Gasteiger partial charge in [0.15, 0.2) is 0 Å². The Morgan fingerprint density at radius 1 is 1.37 bits per heavy atom. The summed E-state index contributed by atoms with van der Waals surface area (Å²) in [5.74, 6) is 1.01. The Morgan fingerprint density at radius 2 is 2.11 bits per heavy atom. The maximum atomic E-state index is 12.2. The van der Waals surface area contributed by atoms with Crippen molar-refractivity contribution in [2.45, 2.75) is 39.7 Å². The molecule has 4 heteroatoms. The standard InChI is InChI=1S/C15H21N3O/c1-4-10-16-15(19)11(3)18-13-9-7-6-8-12(13)17-14(18)5-2/h6-9,11H,4-5,10H2,1-3H3,(H,16,19). The van der Waals surface area contributed by atoms with Crippen LogP contribution in [0.15, 0.2) is 24.3 Å². The van der Waals surface area contributed by atoms with Gasteiger partial charge < -0.3 is 9.88 Å². The molecule has 0 fully saturated rings. The van der Waals surface area contributed by atoms with Gasteiger partial charge in [-0.15, -0.1) is 0 Å². The highest BCUT2D eigenvalue weighted by molar-refractivity contribution is 5.84. The molecule has 1 aromatic carbocycles. The van der Waals surface area contributed by atoms with Crippen molar-refractivity contribution in [2.24, 2.45) is 0 Å². The summed E-state index contributed by atoms with van der Waals surface area (Å²) in [7, 11) is 0. The zero-order valence-electron chi connectivity index (χ0n) is 11.8. The van der Waals surface area contributed by atoms with Crippen molar-refractivity contribution in [1.29, 1.82) is 0 Å². The minimum atomic E-state index is -0.228. The quantitative estimate of drug-likeness (QED) is 0.897. The molecular weight excluding hydrogens is 238 g/mol. The van der Waals surface area contributed by atoms with E-state index in [1.165, 1.54) is 0 Å². The molecule has 1 aromatic heterocycles. The average molecular weight is 259 g/mol. The van der Waals surface area contributed by atoms with Gasteiger partial charge in [0.1, 0.15) is 11.9 Å². The average Bonchev–Trinajstić information content (AvgIpc) is 2.82. The smallest absolute Gasteiger partial charge is 0.242 e. The Balaban J connectivity index is 2.39. The minimum Gasteiger partial charge on any atom is -0.354 e. The van der Waals surface area contributed by atoms with Crippen LogP contribution in [0.1, 0.15) is 39.1 Å². The first kappa shape index (κ1) is 13.6. The third-order valence-electron chi connectivity index (χ3n) is 3.30. The number of nitrogens with zero attached hydrogens (tertiary/aromatic N) is 2. The summed E-state index contributed by atoms with van der Waals surface area (Å²) < 4.78 is 2.04. The third kappa shape index (κ3) is 2.62. The molecule has 0 aliphatic heterocycles. The molecule has 0 aliphatic carbocycles. The SMILES string of the molecule is CCCNC(=O)C(C)n1c(CC)nc2ccccc21. The van der Waals surface area contributed by atoms with Gasteiger partial charge in [0.25, 0.3) is 0 Å². The van der Waals surface area contributed by atoms with E-state index in [4.69, 9.17) is 0 Å². The van der Waals surface area contributed by atoms with Crippen LogP contribution >= 0.6 is 0 Å². The Hall–Kier alpha value is -1.84. The van der Waals surface area contributed by atoms with E-state index in [1.807, 2.05) is 35.8 Å². The van der Waals surface area contributed by atoms with E-state index in [-0.39, 0.29) is 11.9 Å².